The number of aromatic nitrogens is 1. The Bertz CT molecular complexity index is 598. The second kappa shape index (κ2) is 5.62. The van der Waals surface area contributed by atoms with E-state index in [-0.39, 0.29) is 11.7 Å². The van der Waals surface area contributed by atoms with Crippen molar-refractivity contribution in [2.24, 2.45) is 5.73 Å². The Morgan fingerprint density at radius 1 is 1.47 bits per heavy atom. The van der Waals surface area contributed by atoms with Gasteiger partial charge in [0.15, 0.2) is 0 Å². The van der Waals surface area contributed by atoms with E-state index in [4.69, 9.17) is 5.73 Å². The van der Waals surface area contributed by atoms with Gasteiger partial charge in [-0.25, -0.2) is 4.98 Å². The topological polar surface area (TPSA) is 94.1 Å². The minimum absolute atomic E-state index is 0.0108. The summed E-state index contributed by atoms with van der Waals surface area (Å²) in [7, 11) is 0. The van der Waals surface area contributed by atoms with Crippen LogP contribution in [0, 0.1) is 10.1 Å². The second-order valence-electron chi connectivity index (χ2n) is 4.49. The average Bonchev–Trinajstić information content (AvgIpc) is 2.38. The highest BCUT2D eigenvalue weighted by molar-refractivity contribution is 5.95. The number of pyridine rings is 1. The first-order chi connectivity index (χ1) is 9.09. The van der Waals surface area contributed by atoms with E-state index >= 15 is 0 Å². The first-order valence-electron chi connectivity index (χ1n) is 6.11. The van der Waals surface area contributed by atoms with Crippen molar-refractivity contribution in [1.82, 2.24) is 4.98 Å². The van der Waals surface area contributed by atoms with Crippen LogP contribution < -0.4 is 11.1 Å². The number of nitrogens with one attached hydrogen (secondary N) is 1. The molecule has 0 aliphatic rings. The quantitative estimate of drug-likeness (QED) is 0.635. The first-order valence-corrected chi connectivity index (χ1v) is 6.11. The molecule has 0 spiro atoms. The summed E-state index contributed by atoms with van der Waals surface area (Å²) in [6.45, 7) is 2.49. The number of hydrogen-bond acceptors (Lipinski definition) is 5. The molecule has 2 aromatic rings. The molecule has 0 aliphatic heterocycles. The van der Waals surface area contributed by atoms with Crippen LogP contribution in [0.3, 0.4) is 0 Å². The molecule has 0 saturated carbocycles. The maximum Gasteiger partial charge on any atom is 0.311 e. The van der Waals surface area contributed by atoms with Crippen molar-refractivity contribution in [1.29, 1.82) is 0 Å². The molecule has 6 nitrogen and oxygen atoms in total. The maximum atomic E-state index is 11.1. The zero-order valence-electron chi connectivity index (χ0n) is 10.7. The van der Waals surface area contributed by atoms with Crippen molar-refractivity contribution < 1.29 is 4.92 Å². The molecular weight excluding hydrogens is 244 g/mol. The maximum absolute atomic E-state index is 11.1. The highest BCUT2D eigenvalue weighted by atomic mass is 16.6. The van der Waals surface area contributed by atoms with Crippen molar-refractivity contribution in [3.8, 4) is 0 Å². The number of benzene rings is 1. The number of nitrogens with two attached hydrogens (primary N) is 1. The summed E-state index contributed by atoms with van der Waals surface area (Å²) in [5.74, 6) is 0. The molecule has 0 aliphatic carbocycles. The smallest absolute Gasteiger partial charge is 0.311 e. The van der Waals surface area contributed by atoms with Crippen LogP contribution in [-0.4, -0.2) is 22.5 Å². The normalized spacial score (nSPS) is 12.3. The number of anilines is 1. The summed E-state index contributed by atoms with van der Waals surface area (Å²) in [5, 5.41) is 14.9. The van der Waals surface area contributed by atoms with E-state index in [2.05, 4.69) is 10.3 Å². The molecule has 0 bridgehead atoms. The van der Waals surface area contributed by atoms with Gasteiger partial charge in [-0.1, -0.05) is 18.2 Å². The van der Waals surface area contributed by atoms with Gasteiger partial charge in [0.1, 0.15) is 11.9 Å². The van der Waals surface area contributed by atoms with Crippen molar-refractivity contribution in [3.63, 3.8) is 0 Å². The zero-order valence-corrected chi connectivity index (χ0v) is 10.7. The first kappa shape index (κ1) is 13.2. The van der Waals surface area contributed by atoms with Crippen LogP contribution in [0.15, 0.2) is 30.5 Å². The van der Waals surface area contributed by atoms with E-state index in [1.54, 1.807) is 0 Å². The number of nitro groups is 1. The molecule has 0 amide bonds. The Hall–Kier alpha value is -2.21. The van der Waals surface area contributed by atoms with Gasteiger partial charge in [-0.15, -0.1) is 0 Å². The molecule has 19 heavy (non-hydrogen) atoms. The zero-order chi connectivity index (χ0) is 13.8. The van der Waals surface area contributed by atoms with E-state index in [0.717, 1.165) is 17.3 Å². The van der Waals surface area contributed by atoms with Gasteiger partial charge in [-0.3, -0.25) is 10.1 Å². The molecule has 100 valence electrons. The molecule has 1 unspecified atom stereocenters. The minimum atomic E-state index is -0.423. The van der Waals surface area contributed by atoms with E-state index in [9.17, 15) is 10.1 Å². The lowest BCUT2D eigenvalue weighted by Gasteiger charge is -2.11. The van der Waals surface area contributed by atoms with E-state index in [1.165, 1.54) is 6.20 Å². The SMILES string of the molecule is CC(N)CCNc1c([N+](=O)[O-])cnc2ccccc12. The lowest BCUT2D eigenvalue weighted by atomic mass is 10.1. The summed E-state index contributed by atoms with van der Waals surface area (Å²) < 4.78 is 0. The summed E-state index contributed by atoms with van der Waals surface area (Å²) >= 11 is 0. The molecule has 6 heteroatoms. The number of fused-ring (bicyclic) bond motifs is 1. The Labute approximate surface area is 110 Å². The van der Waals surface area contributed by atoms with Gasteiger partial charge in [-0.05, 0) is 19.4 Å². The highest BCUT2D eigenvalue weighted by Gasteiger charge is 2.17. The Kier molecular flexibility index (Phi) is 3.91. The van der Waals surface area contributed by atoms with Crippen molar-refractivity contribution in [3.05, 3.63) is 40.6 Å². The predicted octanol–water partition coefficient (Wildman–Crippen LogP) is 2.29. The number of hydrogen-bond donors (Lipinski definition) is 2. The molecule has 2 rings (SSSR count). The molecule has 0 saturated heterocycles. The minimum Gasteiger partial charge on any atom is -0.379 e. The molecule has 0 fully saturated rings. The predicted molar refractivity (Wildman–Crippen MR) is 75.2 cm³/mol. The molecular formula is C13H16N4O2. The average molecular weight is 260 g/mol. The summed E-state index contributed by atoms with van der Waals surface area (Å²) in [6.07, 6.45) is 2.03. The van der Waals surface area contributed by atoms with Crippen LogP contribution in [-0.2, 0) is 0 Å². The van der Waals surface area contributed by atoms with Gasteiger partial charge in [-0.2, -0.15) is 0 Å². The number of nitrogens with zero attached hydrogens (tertiary/aromatic N) is 2. The fraction of sp³-hybridized carbons (Fsp3) is 0.308. The van der Waals surface area contributed by atoms with Crippen LogP contribution in [0.1, 0.15) is 13.3 Å². The summed E-state index contributed by atoms with van der Waals surface area (Å²) in [5.41, 5.74) is 6.91. The van der Waals surface area contributed by atoms with Gasteiger partial charge in [0, 0.05) is 18.0 Å². The lowest BCUT2D eigenvalue weighted by molar-refractivity contribution is -0.384. The van der Waals surface area contributed by atoms with Crippen molar-refractivity contribution in [2.45, 2.75) is 19.4 Å². The molecule has 1 aromatic carbocycles. The second-order valence-corrected chi connectivity index (χ2v) is 4.49. The standard InChI is InChI=1S/C13H16N4O2/c1-9(14)6-7-15-13-10-4-2-3-5-11(10)16-8-12(13)17(18)19/h2-5,8-9H,6-7,14H2,1H3,(H,15,16). The molecule has 1 atom stereocenters. The van der Waals surface area contributed by atoms with Gasteiger partial charge in [0.25, 0.3) is 0 Å². The molecule has 0 radical (unpaired) electrons. The van der Waals surface area contributed by atoms with Crippen LogP contribution in [0.25, 0.3) is 10.9 Å². The third-order valence-electron chi connectivity index (χ3n) is 2.85. The molecule has 1 aromatic heterocycles. The van der Waals surface area contributed by atoms with E-state index < -0.39 is 4.92 Å². The number of para-hydroxylation sites is 1. The van der Waals surface area contributed by atoms with Gasteiger partial charge >= 0.3 is 5.69 Å². The monoisotopic (exact) mass is 260 g/mol. The van der Waals surface area contributed by atoms with Gasteiger partial charge in [0.05, 0.1) is 10.4 Å². The Morgan fingerprint density at radius 2 is 2.21 bits per heavy atom. The Balaban J connectivity index is 2.41. The van der Waals surface area contributed by atoms with E-state index in [1.807, 2.05) is 31.2 Å². The van der Waals surface area contributed by atoms with E-state index in [0.29, 0.717) is 12.2 Å². The van der Waals surface area contributed by atoms with Crippen LogP contribution in [0.5, 0.6) is 0 Å². The van der Waals surface area contributed by atoms with Crippen LogP contribution >= 0.6 is 0 Å². The highest BCUT2D eigenvalue weighted by Crippen LogP contribution is 2.31. The fourth-order valence-electron chi connectivity index (χ4n) is 1.88. The third-order valence-corrected chi connectivity index (χ3v) is 2.85. The van der Waals surface area contributed by atoms with Crippen LogP contribution in [0.2, 0.25) is 0 Å². The molecule has 1 heterocycles. The number of rotatable bonds is 5. The summed E-state index contributed by atoms with van der Waals surface area (Å²) in [4.78, 5) is 14.7. The van der Waals surface area contributed by atoms with Crippen molar-refractivity contribution in [2.75, 3.05) is 11.9 Å². The molecule has 3 N–H and O–H groups in total. The van der Waals surface area contributed by atoms with Gasteiger partial charge in [0.2, 0.25) is 0 Å². The largest absolute Gasteiger partial charge is 0.379 e. The fourth-order valence-corrected chi connectivity index (χ4v) is 1.88. The Morgan fingerprint density at radius 3 is 2.89 bits per heavy atom. The van der Waals surface area contributed by atoms with Gasteiger partial charge < -0.3 is 11.1 Å². The third kappa shape index (κ3) is 2.97. The summed E-state index contributed by atoms with van der Waals surface area (Å²) in [6, 6.07) is 7.40. The van der Waals surface area contributed by atoms with Crippen LogP contribution in [0.4, 0.5) is 11.4 Å². The van der Waals surface area contributed by atoms with Crippen molar-refractivity contribution >= 4 is 22.3 Å². The lowest BCUT2D eigenvalue weighted by Crippen LogP contribution is -2.19.